The second-order valence-electron chi connectivity index (χ2n) is 8.10. The van der Waals surface area contributed by atoms with Crippen LogP contribution in [-0.4, -0.2) is 21.7 Å². The van der Waals surface area contributed by atoms with Crippen molar-refractivity contribution in [2.24, 2.45) is 11.8 Å². The summed E-state index contributed by atoms with van der Waals surface area (Å²) in [5.74, 6) is 1.92. The summed E-state index contributed by atoms with van der Waals surface area (Å²) in [5.41, 5.74) is 4.65. The summed E-state index contributed by atoms with van der Waals surface area (Å²) < 4.78 is 1.84. The van der Waals surface area contributed by atoms with E-state index < -0.39 is 0 Å². The van der Waals surface area contributed by atoms with Crippen LogP contribution in [0.1, 0.15) is 54.1 Å². The molecule has 0 spiro atoms. The van der Waals surface area contributed by atoms with Gasteiger partial charge in [0.25, 0.3) is 0 Å². The van der Waals surface area contributed by atoms with Crippen LogP contribution in [0.2, 0.25) is 0 Å². The van der Waals surface area contributed by atoms with Gasteiger partial charge in [-0.15, -0.1) is 0 Å². The number of hydrogen-bond donors (Lipinski definition) is 1. The number of carbonyl (C=O) groups excluding carboxylic acids is 1. The van der Waals surface area contributed by atoms with Crippen molar-refractivity contribution in [3.63, 3.8) is 0 Å². The second-order valence-corrected chi connectivity index (χ2v) is 8.10. The van der Waals surface area contributed by atoms with E-state index >= 15 is 0 Å². The fourth-order valence-electron chi connectivity index (χ4n) is 5.10. The van der Waals surface area contributed by atoms with E-state index in [0.717, 1.165) is 17.3 Å². The van der Waals surface area contributed by atoms with Crippen molar-refractivity contribution in [3.05, 3.63) is 52.8 Å². The van der Waals surface area contributed by atoms with E-state index in [2.05, 4.69) is 47.7 Å². The van der Waals surface area contributed by atoms with Crippen LogP contribution in [0.25, 0.3) is 0 Å². The number of aromatic nitrogens is 2. The molecule has 2 unspecified atom stereocenters. The van der Waals surface area contributed by atoms with E-state index in [0.29, 0.717) is 18.4 Å². The topological polar surface area (TPSA) is 46.9 Å². The Labute approximate surface area is 156 Å². The molecule has 1 amide bonds. The third kappa shape index (κ3) is 2.95. The smallest absolute Gasteiger partial charge is 0.241 e. The average Bonchev–Trinajstić information content (AvgIpc) is 2.88. The zero-order valence-corrected chi connectivity index (χ0v) is 16.0. The van der Waals surface area contributed by atoms with Gasteiger partial charge in [-0.25, -0.2) is 0 Å². The van der Waals surface area contributed by atoms with Gasteiger partial charge in [0.2, 0.25) is 5.91 Å². The zero-order valence-electron chi connectivity index (χ0n) is 16.0. The summed E-state index contributed by atoms with van der Waals surface area (Å²) in [6.45, 7) is 6.42. The minimum atomic E-state index is 0.0885. The molecule has 1 aromatic heterocycles. The Morgan fingerprint density at radius 1 is 1.12 bits per heavy atom. The molecule has 0 saturated heterocycles. The van der Waals surface area contributed by atoms with Crippen LogP contribution >= 0.6 is 0 Å². The first-order valence-corrected chi connectivity index (χ1v) is 9.91. The van der Waals surface area contributed by atoms with E-state index in [9.17, 15) is 4.79 Å². The Balaban J connectivity index is 1.49. The van der Waals surface area contributed by atoms with Crippen molar-refractivity contribution in [2.75, 3.05) is 0 Å². The predicted octanol–water partition coefficient (Wildman–Crippen LogP) is 3.90. The molecular weight excluding hydrogens is 322 g/mol. The zero-order chi connectivity index (χ0) is 18.3. The Morgan fingerprint density at radius 3 is 2.46 bits per heavy atom. The van der Waals surface area contributed by atoms with Gasteiger partial charge in [0.15, 0.2) is 0 Å². The van der Waals surface area contributed by atoms with Crippen LogP contribution in [0.5, 0.6) is 0 Å². The van der Waals surface area contributed by atoms with Crippen LogP contribution in [0.3, 0.4) is 0 Å². The Morgan fingerprint density at radius 2 is 1.81 bits per heavy atom. The molecule has 4 rings (SSSR count). The third-order valence-corrected chi connectivity index (χ3v) is 6.73. The molecule has 1 heterocycles. The van der Waals surface area contributed by atoms with Crippen molar-refractivity contribution >= 4 is 5.91 Å². The molecule has 4 heteroatoms. The molecule has 2 fully saturated rings. The van der Waals surface area contributed by atoms with Gasteiger partial charge in [-0.2, -0.15) is 5.10 Å². The summed E-state index contributed by atoms with van der Waals surface area (Å²) >= 11 is 0. The first kappa shape index (κ1) is 17.3. The number of fused-ring (bicyclic) bond motifs is 1. The van der Waals surface area contributed by atoms with Crippen LogP contribution in [0.15, 0.2) is 30.3 Å². The van der Waals surface area contributed by atoms with E-state index in [4.69, 9.17) is 0 Å². The maximum Gasteiger partial charge on any atom is 0.241 e. The molecule has 2 saturated carbocycles. The fraction of sp³-hybridized carbons (Fsp3) is 0.545. The van der Waals surface area contributed by atoms with Gasteiger partial charge in [-0.3, -0.25) is 9.48 Å². The normalized spacial score (nSPS) is 27.5. The lowest BCUT2D eigenvalue weighted by molar-refractivity contribution is -0.125. The number of amides is 1. The minimum absolute atomic E-state index is 0.0885. The number of nitrogens with one attached hydrogen (secondary N) is 1. The molecule has 4 atom stereocenters. The van der Waals surface area contributed by atoms with E-state index in [1.807, 2.05) is 18.5 Å². The highest BCUT2D eigenvalue weighted by Gasteiger charge is 2.51. The van der Waals surface area contributed by atoms with Gasteiger partial charge < -0.3 is 5.32 Å². The number of benzene rings is 1. The molecule has 1 N–H and O–H groups in total. The standard InChI is InChI=1S/C22H29N3O/c1-14-15(2)24-25(16(14)3)13-20(26)23-22-19-12-8-7-11-18(19)21(22)17-9-5-4-6-10-17/h4-6,9-10,18-19,21-22H,7-8,11-13H2,1-3H3,(H,23,26)/t18?,19?,21-,22-/m0/s1. The Bertz CT molecular complexity index is 795. The predicted molar refractivity (Wildman–Crippen MR) is 103 cm³/mol. The SMILES string of the molecule is Cc1nn(CC(=O)N[C@H]2C3CCCCC3[C@@H]2c2ccccc2)c(C)c1C. The number of hydrogen-bond acceptors (Lipinski definition) is 2. The van der Waals surface area contributed by atoms with Crippen LogP contribution in [0, 0.1) is 32.6 Å². The first-order chi connectivity index (χ1) is 12.6. The highest BCUT2D eigenvalue weighted by molar-refractivity contribution is 5.76. The Kier molecular flexibility index (Phi) is 4.60. The van der Waals surface area contributed by atoms with Crippen LogP contribution in [-0.2, 0) is 11.3 Å². The lowest BCUT2D eigenvalue weighted by Crippen LogP contribution is -2.59. The largest absolute Gasteiger partial charge is 0.351 e. The first-order valence-electron chi connectivity index (χ1n) is 9.91. The monoisotopic (exact) mass is 351 g/mol. The maximum absolute atomic E-state index is 12.8. The molecule has 26 heavy (non-hydrogen) atoms. The van der Waals surface area contributed by atoms with Gasteiger partial charge in [0, 0.05) is 17.7 Å². The number of aryl methyl sites for hydroxylation is 1. The maximum atomic E-state index is 12.8. The molecule has 2 aromatic rings. The van der Waals surface area contributed by atoms with Gasteiger partial charge in [0.05, 0.1) is 5.69 Å². The molecular formula is C22H29N3O. The third-order valence-electron chi connectivity index (χ3n) is 6.73. The van der Waals surface area contributed by atoms with Gasteiger partial charge in [-0.1, -0.05) is 43.2 Å². The van der Waals surface area contributed by atoms with Crippen molar-refractivity contribution in [1.29, 1.82) is 0 Å². The summed E-state index contributed by atoms with van der Waals surface area (Å²) in [6, 6.07) is 11.0. The highest BCUT2D eigenvalue weighted by Crippen LogP contribution is 2.54. The lowest BCUT2D eigenvalue weighted by Gasteiger charge is -2.55. The minimum Gasteiger partial charge on any atom is -0.351 e. The quantitative estimate of drug-likeness (QED) is 0.908. The molecule has 138 valence electrons. The van der Waals surface area contributed by atoms with Crippen molar-refractivity contribution in [2.45, 2.75) is 65.0 Å². The number of rotatable bonds is 4. The molecule has 0 aliphatic heterocycles. The summed E-state index contributed by atoms with van der Waals surface area (Å²) in [5, 5.41) is 7.88. The molecule has 1 aromatic carbocycles. The second kappa shape index (κ2) is 6.90. The molecule has 4 nitrogen and oxygen atoms in total. The molecule has 0 bridgehead atoms. The molecule has 2 aliphatic rings. The van der Waals surface area contributed by atoms with Crippen molar-refractivity contribution in [1.82, 2.24) is 15.1 Å². The highest BCUT2D eigenvalue weighted by atomic mass is 16.2. The van der Waals surface area contributed by atoms with Crippen molar-refractivity contribution in [3.8, 4) is 0 Å². The Hall–Kier alpha value is -2.10. The van der Waals surface area contributed by atoms with E-state index in [-0.39, 0.29) is 11.9 Å². The van der Waals surface area contributed by atoms with Gasteiger partial charge in [-0.05, 0) is 56.6 Å². The average molecular weight is 351 g/mol. The van der Waals surface area contributed by atoms with Crippen LogP contribution < -0.4 is 5.32 Å². The van der Waals surface area contributed by atoms with Crippen molar-refractivity contribution < 1.29 is 4.79 Å². The fourth-order valence-corrected chi connectivity index (χ4v) is 5.10. The molecule has 2 aliphatic carbocycles. The van der Waals surface area contributed by atoms with Gasteiger partial charge in [0.1, 0.15) is 6.54 Å². The summed E-state index contributed by atoms with van der Waals surface area (Å²) in [4.78, 5) is 12.8. The summed E-state index contributed by atoms with van der Waals surface area (Å²) in [6.07, 6.45) is 5.17. The van der Waals surface area contributed by atoms with E-state index in [1.54, 1.807) is 0 Å². The van der Waals surface area contributed by atoms with Crippen LogP contribution in [0.4, 0.5) is 0 Å². The number of nitrogens with zero attached hydrogens (tertiary/aromatic N) is 2. The van der Waals surface area contributed by atoms with Gasteiger partial charge >= 0.3 is 0 Å². The molecule has 0 radical (unpaired) electrons. The lowest BCUT2D eigenvalue weighted by atomic mass is 9.53. The van der Waals surface area contributed by atoms with E-state index in [1.165, 1.54) is 36.8 Å². The number of carbonyl (C=O) groups is 1. The summed E-state index contributed by atoms with van der Waals surface area (Å²) in [7, 11) is 0.